The summed E-state index contributed by atoms with van der Waals surface area (Å²) in [4.78, 5) is 18.9. The first-order valence-corrected chi connectivity index (χ1v) is 10.1. The largest absolute Gasteiger partial charge is 0.337 e. The molecule has 1 aromatic carbocycles. The Labute approximate surface area is 142 Å². The molecular formula is C17H23N3O3S. The number of imidazole rings is 1. The molecule has 0 N–H and O–H groups in total. The second kappa shape index (κ2) is 6.55. The Morgan fingerprint density at radius 2 is 2.12 bits per heavy atom. The predicted octanol–water partition coefficient (Wildman–Crippen LogP) is 1.71. The topological polar surface area (TPSA) is 72.3 Å². The number of para-hydroxylation sites is 2. The smallest absolute Gasteiger partial charge is 0.242 e. The Balaban J connectivity index is 1.81. The molecule has 0 saturated carbocycles. The summed E-state index contributed by atoms with van der Waals surface area (Å²) >= 11 is 0. The number of sulfone groups is 1. The van der Waals surface area contributed by atoms with E-state index in [0.29, 0.717) is 13.0 Å². The molecule has 6 nitrogen and oxygen atoms in total. The second-order valence-corrected chi connectivity index (χ2v) is 9.09. The van der Waals surface area contributed by atoms with Gasteiger partial charge in [0.15, 0.2) is 9.84 Å². The SMILES string of the molecule is CC(C)CN(C(=O)Cn1cnc2ccccc21)[C@H]1CCS(=O)(=O)C1. The first-order valence-electron chi connectivity index (χ1n) is 8.25. The van der Waals surface area contributed by atoms with E-state index in [1.54, 1.807) is 11.2 Å². The summed E-state index contributed by atoms with van der Waals surface area (Å²) in [6.45, 7) is 4.84. The van der Waals surface area contributed by atoms with Crippen molar-refractivity contribution in [2.24, 2.45) is 5.92 Å². The number of hydrogen-bond acceptors (Lipinski definition) is 4. The van der Waals surface area contributed by atoms with Gasteiger partial charge in [0.05, 0.1) is 28.9 Å². The van der Waals surface area contributed by atoms with Crippen molar-refractivity contribution in [3.8, 4) is 0 Å². The summed E-state index contributed by atoms with van der Waals surface area (Å²) in [7, 11) is -3.02. The monoisotopic (exact) mass is 349 g/mol. The van der Waals surface area contributed by atoms with E-state index in [4.69, 9.17) is 0 Å². The number of carbonyl (C=O) groups is 1. The van der Waals surface area contributed by atoms with Crippen LogP contribution < -0.4 is 0 Å². The molecule has 2 aromatic rings. The predicted molar refractivity (Wildman–Crippen MR) is 93.3 cm³/mol. The van der Waals surface area contributed by atoms with Crippen LogP contribution >= 0.6 is 0 Å². The van der Waals surface area contributed by atoms with Crippen LogP contribution in [0.2, 0.25) is 0 Å². The molecule has 24 heavy (non-hydrogen) atoms. The lowest BCUT2D eigenvalue weighted by Gasteiger charge is -2.30. The van der Waals surface area contributed by atoms with Crippen LogP contribution in [0.4, 0.5) is 0 Å². The summed E-state index contributed by atoms with van der Waals surface area (Å²) in [5.74, 6) is 0.495. The molecule has 0 bridgehead atoms. The number of rotatable bonds is 5. The lowest BCUT2D eigenvalue weighted by Crippen LogP contribution is -2.44. The fourth-order valence-corrected chi connectivity index (χ4v) is 4.97. The fraction of sp³-hybridized carbons (Fsp3) is 0.529. The minimum Gasteiger partial charge on any atom is -0.337 e. The number of benzene rings is 1. The van der Waals surface area contributed by atoms with Crippen molar-refractivity contribution in [3.05, 3.63) is 30.6 Å². The van der Waals surface area contributed by atoms with Gasteiger partial charge in [-0.2, -0.15) is 0 Å². The third-order valence-electron chi connectivity index (χ3n) is 4.36. The molecule has 1 aliphatic rings. The van der Waals surface area contributed by atoms with Crippen molar-refractivity contribution in [2.45, 2.75) is 32.9 Å². The second-order valence-electron chi connectivity index (χ2n) is 6.86. The summed E-state index contributed by atoms with van der Waals surface area (Å²) in [5.41, 5.74) is 1.76. The van der Waals surface area contributed by atoms with Crippen LogP contribution in [0.5, 0.6) is 0 Å². The van der Waals surface area contributed by atoms with Crippen LogP contribution in [-0.4, -0.2) is 52.9 Å². The average Bonchev–Trinajstić information content (AvgIpc) is 3.08. The summed E-state index contributed by atoms with van der Waals surface area (Å²) in [5, 5.41) is 0. The van der Waals surface area contributed by atoms with Gasteiger partial charge in [-0.1, -0.05) is 26.0 Å². The highest BCUT2D eigenvalue weighted by Gasteiger charge is 2.34. The molecule has 0 radical (unpaired) electrons. The molecule has 0 spiro atoms. The van der Waals surface area contributed by atoms with E-state index >= 15 is 0 Å². The number of hydrogen-bond donors (Lipinski definition) is 0. The highest BCUT2D eigenvalue weighted by Crippen LogP contribution is 2.20. The van der Waals surface area contributed by atoms with Gasteiger partial charge < -0.3 is 9.47 Å². The normalized spacial score (nSPS) is 19.9. The van der Waals surface area contributed by atoms with Crippen molar-refractivity contribution in [1.29, 1.82) is 0 Å². The Kier molecular flexibility index (Phi) is 4.62. The van der Waals surface area contributed by atoms with E-state index in [9.17, 15) is 13.2 Å². The highest BCUT2D eigenvalue weighted by atomic mass is 32.2. The Hall–Kier alpha value is -1.89. The summed E-state index contributed by atoms with van der Waals surface area (Å²) < 4.78 is 25.4. The molecule has 1 amide bonds. The zero-order valence-corrected chi connectivity index (χ0v) is 14.9. The zero-order valence-electron chi connectivity index (χ0n) is 14.1. The Morgan fingerprint density at radius 3 is 2.79 bits per heavy atom. The minimum atomic E-state index is -3.02. The molecule has 130 valence electrons. The third kappa shape index (κ3) is 3.61. The highest BCUT2D eigenvalue weighted by molar-refractivity contribution is 7.91. The standard InChI is InChI=1S/C17H23N3O3S/c1-13(2)9-20(14-7-8-24(22,23)11-14)17(21)10-19-12-18-15-5-3-4-6-16(15)19/h3-6,12-14H,7-11H2,1-2H3/t14-/m0/s1. The molecule has 1 aliphatic heterocycles. The van der Waals surface area contributed by atoms with Gasteiger partial charge in [0.1, 0.15) is 6.54 Å². The Bertz CT molecular complexity index is 842. The van der Waals surface area contributed by atoms with Crippen molar-refractivity contribution >= 4 is 26.8 Å². The first kappa shape index (κ1) is 17.0. The van der Waals surface area contributed by atoms with Gasteiger partial charge in [0, 0.05) is 12.6 Å². The summed E-state index contributed by atoms with van der Waals surface area (Å²) in [6.07, 6.45) is 2.20. The van der Waals surface area contributed by atoms with Crippen LogP contribution in [0.1, 0.15) is 20.3 Å². The van der Waals surface area contributed by atoms with Crippen LogP contribution in [0.25, 0.3) is 11.0 Å². The molecular weight excluding hydrogens is 326 g/mol. The number of nitrogens with zero attached hydrogens (tertiary/aromatic N) is 3. The number of fused-ring (bicyclic) bond motifs is 1. The summed E-state index contributed by atoms with van der Waals surface area (Å²) in [6, 6.07) is 7.46. The molecule has 2 heterocycles. The number of amides is 1. The van der Waals surface area contributed by atoms with E-state index < -0.39 is 9.84 Å². The van der Waals surface area contributed by atoms with E-state index in [0.717, 1.165) is 11.0 Å². The van der Waals surface area contributed by atoms with Crippen molar-refractivity contribution < 1.29 is 13.2 Å². The van der Waals surface area contributed by atoms with Gasteiger partial charge in [-0.3, -0.25) is 4.79 Å². The molecule has 1 saturated heterocycles. The van der Waals surface area contributed by atoms with Gasteiger partial charge >= 0.3 is 0 Å². The van der Waals surface area contributed by atoms with Gasteiger partial charge in [-0.25, -0.2) is 13.4 Å². The molecule has 7 heteroatoms. The lowest BCUT2D eigenvalue weighted by molar-refractivity contribution is -0.134. The molecule has 0 aliphatic carbocycles. The van der Waals surface area contributed by atoms with Crippen LogP contribution in [0.3, 0.4) is 0 Å². The third-order valence-corrected chi connectivity index (χ3v) is 6.11. The van der Waals surface area contributed by atoms with E-state index in [1.165, 1.54) is 0 Å². The van der Waals surface area contributed by atoms with Crippen molar-refractivity contribution in [1.82, 2.24) is 14.5 Å². The fourth-order valence-electron chi connectivity index (χ4n) is 3.24. The first-order chi connectivity index (χ1) is 11.4. The van der Waals surface area contributed by atoms with Crippen LogP contribution in [0.15, 0.2) is 30.6 Å². The van der Waals surface area contributed by atoms with Gasteiger partial charge in [-0.15, -0.1) is 0 Å². The van der Waals surface area contributed by atoms with Gasteiger partial charge in [0.25, 0.3) is 0 Å². The van der Waals surface area contributed by atoms with Crippen molar-refractivity contribution in [3.63, 3.8) is 0 Å². The van der Waals surface area contributed by atoms with Crippen LogP contribution in [0, 0.1) is 5.92 Å². The number of aromatic nitrogens is 2. The average molecular weight is 349 g/mol. The van der Waals surface area contributed by atoms with Crippen molar-refractivity contribution in [2.75, 3.05) is 18.1 Å². The zero-order chi connectivity index (χ0) is 17.3. The van der Waals surface area contributed by atoms with E-state index in [-0.39, 0.29) is 35.9 Å². The van der Waals surface area contributed by atoms with Gasteiger partial charge in [-0.05, 0) is 24.5 Å². The maximum absolute atomic E-state index is 12.9. The minimum absolute atomic E-state index is 0.0473. The van der Waals surface area contributed by atoms with E-state index in [1.807, 2.05) is 42.7 Å². The Morgan fingerprint density at radius 1 is 1.38 bits per heavy atom. The quantitative estimate of drug-likeness (QED) is 0.824. The van der Waals surface area contributed by atoms with E-state index in [2.05, 4.69) is 4.98 Å². The van der Waals surface area contributed by atoms with Crippen LogP contribution in [-0.2, 0) is 21.2 Å². The molecule has 1 atom stereocenters. The molecule has 0 unspecified atom stereocenters. The molecule has 1 fully saturated rings. The molecule has 1 aromatic heterocycles. The molecule has 3 rings (SSSR count). The van der Waals surface area contributed by atoms with Gasteiger partial charge in [0.2, 0.25) is 5.91 Å². The lowest BCUT2D eigenvalue weighted by atomic mass is 10.1. The maximum atomic E-state index is 12.9. The maximum Gasteiger partial charge on any atom is 0.242 e. The number of carbonyl (C=O) groups excluding carboxylic acids is 1.